The summed E-state index contributed by atoms with van der Waals surface area (Å²) in [4.78, 5) is 15.8. The number of hydrogen-bond acceptors (Lipinski definition) is 2. The van der Waals surface area contributed by atoms with E-state index in [2.05, 4.69) is 4.98 Å². The zero-order valence-corrected chi connectivity index (χ0v) is 9.07. The summed E-state index contributed by atoms with van der Waals surface area (Å²) in [6.45, 7) is 1.66. The quantitative estimate of drug-likeness (QED) is 0.723. The number of nitrogens with zero attached hydrogens (tertiary/aromatic N) is 2. The summed E-state index contributed by atoms with van der Waals surface area (Å²) in [5.74, 6) is -0.638. The standard InChI is InChI=1S/C12H11FN2O/c1-8-3-4-9(5-10(8)13)12(16)11-6-15(2)7-14-11/h3-7H,1-2H3. The molecule has 0 spiro atoms. The van der Waals surface area contributed by atoms with Crippen LogP contribution in [0.2, 0.25) is 0 Å². The van der Waals surface area contributed by atoms with E-state index in [0.717, 1.165) is 0 Å². The van der Waals surface area contributed by atoms with Crippen molar-refractivity contribution in [2.24, 2.45) is 7.05 Å². The summed E-state index contributed by atoms with van der Waals surface area (Å²) in [5, 5.41) is 0. The van der Waals surface area contributed by atoms with Gasteiger partial charge in [-0.15, -0.1) is 0 Å². The number of hydrogen-bond donors (Lipinski definition) is 0. The van der Waals surface area contributed by atoms with Gasteiger partial charge in [0.1, 0.15) is 11.5 Å². The molecule has 0 radical (unpaired) electrons. The van der Waals surface area contributed by atoms with Gasteiger partial charge in [0.15, 0.2) is 0 Å². The van der Waals surface area contributed by atoms with Crippen LogP contribution >= 0.6 is 0 Å². The highest BCUT2D eigenvalue weighted by Gasteiger charge is 2.12. The molecule has 1 aromatic heterocycles. The van der Waals surface area contributed by atoms with E-state index in [0.29, 0.717) is 16.8 Å². The molecule has 82 valence electrons. The van der Waals surface area contributed by atoms with Gasteiger partial charge in [-0.2, -0.15) is 0 Å². The second-order valence-corrected chi connectivity index (χ2v) is 3.72. The minimum absolute atomic E-state index is 0.264. The van der Waals surface area contributed by atoms with Crippen molar-refractivity contribution in [3.63, 3.8) is 0 Å². The van der Waals surface area contributed by atoms with Crippen LogP contribution in [0.3, 0.4) is 0 Å². The first-order valence-electron chi connectivity index (χ1n) is 4.87. The Labute approximate surface area is 92.5 Å². The van der Waals surface area contributed by atoms with Crippen LogP contribution < -0.4 is 0 Å². The van der Waals surface area contributed by atoms with Crippen molar-refractivity contribution in [3.8, 4) is 0 Å². The van der Waals surface area contributed by atoms with E-state index < -0.39 is 0 Å². The Hall–Kier alpha value is -1.97. The number of halogens is 1. The molecule has 0 bridgehead atoms. The maximum atomic E-state index is 13.3. The Morgan fingerprint density at radius 1 is 1.44 bits per heavy atom. The van der Waals surface area contributed by atoms with E-state index in [4.69, 9.17) is 0 Å². The summed E-state index contributed by atoms with van der Waals surface area (Å²) >= 11 is 0. The Balaban J connectivity index is 2.38. The number of ketones is 1. The molecule has 2 aromatic rings. The maximum Gasteiger partial charge on any atom is 0.213 e. The number of carbonyl (C=O) groups is 1. The average molecular weight is 218 g/mol. The number of carbonyl (C=O) groups excluding carboxylic acids is 1. The van der Waals surface area contributed by atoms with Gasteiger partial charge in [-0.3, -0.25) is 4.79 Å². The van der Waals surface area contributed by atoms with Crippen LogP contribution in [0, 0.1) is 12.7 Å². The largest absolute Gasteiger partial charge is 0.340 e. The predicted molar refractivity (Wildman–Crippen MR) is 57.8 cm³/mol. The summed E-state index contributed by atoms with van der Waals surface area (Å²) < 4.78 is 15.0. The van der Waals surface area contributed by atoms with Crippen molar-refractivity contribution in [1.29, 1.82) is 0 Å². The third kappa shape index (κ3) is 1.86. The molecule has 16 heavy (non-hydrogen) atoms. The average Bonchev–Trinajstić information content (AvgIpc) is 2.68. The van der Waals surface area contributed by atoms with Gasteiger partial charge in [-0.25, -0.2) is 9.37 Å². The molecule has 2 rings (SSSR count). The van der Waals surface area contributed by atoms with Gasteiger partial charge >= 0.3 is 0 Å². The monoisotopic (exact) mass is 218 g/mol. The maximum absolute atomic E-state index is 13.3. The van der Waals surface area contributed by atoms with Crippen LogP contribution in [-0.2, 0) is 7.05 Å². The van der Waals surface area contributed by atoms with E-state index in [1.807, 2.05) is 0 Å². The van der Waals surface area contributed by atoms with Gasteiger partial charge in [-0.05, 0) is 18.6 Å². The SMILES string of the molecule is Cc1ccc(C(=O)c2cn(C)cn2)cc1F. The zero-order valence-electron chi connectivity index (χ0n) is 9.07. The van der Waals surface area contributed by atoms with Crippen LogP contribution in [0.1, 0.15) is 21.6 Å². The fraction of sp³-hybridized carbons (Fsp3) is 0.167. The molecule has 0 N–H and O–H groups in total. The van der Waals surface area contributed by atoms with Crippen LogP contribution in [0.15, 0.2) is 30.7 Å². The van der Waals surface area contributed by atoms with Gasteiger partial charge in [0.05, 0.1) is 6.33 Å². The second kappa shape index (κ2) is 3.89. The van der Waals surface area contributed by atoms with E-state index in [1.165, 1.54) is 12.4 Å². The van der Waals surface area contributed by atoms with E-state index in [1.54, 1.807) is 36.9 Å². The lowest BCUT2D eigenvalue weighted by Crippen LogP contribution is -2.02. The Bertz CT molecular complexity index is 546. The normalized spacial score (nSPS) is 10.4. The highest BCUT2D eigenvalue weighted by atomic mass is 19.1. The lowest BCUT2D eigenvalue weighted by molar-refractivity contribution is 0.103. The van der Waals surface area contributed by atoms with Crippen molar-refractivity contribution >= 4 is 5.78 Å². The fourth-order valence-electron chi connectivity index (χ4n) is 1.41. The second-order valence-electron chi connectivity index (χ2n) is 3.72. The van der Waals surface area contributed by atoms with Crippen LogP contribution in [-0.4, -0.2) is 15.3 Å². The molecule has 0 saturated heterocycles. The lowest BCUT2D eigenvalue weighted by atomic mass is 10.1. The van der Waals surface area contributed by atoms with E-state index in [-0.39, 0.29) is 11.6 Å². The molecule has 1 aromatic carbocycles. The number of benzene rings is 1. The fourth-order valence-corrected chi connectivity index (χ4v) is 1.41. The summed E-state index contributed by atoms with van der Waals surface area (Å²) in [7, 11) is 1.78. The van der Waals surface area contributed by atoms with Gasteiger partial charge in [-0.1, -0.05) is 12.1 Å². The first kappa shape index (κ1) is 10.5. The Morgan fingerprint density at radius 3 is 2.75 bits per heavy atom. The molecule has 0 atom stereocenters. The van der Waals surface area contributed by atoms with Crippen molar-refractivity contribution in [2.45, 2.75) is 6.92 Å². The molecule has 0 unspecified atom stereocenters. The zero-order chi connectivity index (χ0) is 11.7. The molecule has 4 heteroatoms. The van der Waals surface area contributed by atoms with Crippen LogP contribution in [0.25, 0.3) is 0 Å². The molecular weight excluding hydrogens is 207 g/mol. The highest BCUT2D eigenvalue weighted by Crippen LogP contribution is 2.12. The van der Waals surface area contributed by atoms with Crippen molar-refractivity contribution < 1.29 is 9.18 Å². The van der Waals surface area contributed by atoms with Crippen molar-refractivity contribution in [1.82, 2.24) is 9.55 Å². The number of rotatable bonds is 2. The number of aryl methyl sites for hydroxylation is 2. The molecule has 0 fully saturated rings. The van der Waals surface area contributed by atoms with Gasteiger partial charge in [0.2, 0.25) is 5.78 Å². The van der Waals surface area contributed by atoms with Gasteiger partial charge in [0.25, 0.3) is 0 Å². The van der Waals surface area contributed by atoms with Crippen molar-refractivity contribution in [3.05, 3.63) is 53.4 Å². The molecule has 1 heterocycles. The third-order valence-electron chi connectivity index (χ3n) is 2.37. The topological polar surface area (TPSA) is 34.9 Å². The minimum atomic E-state index is -0.373. The Kier molecular flexibility index (Phi) is 2.56. The van der Waals surface area contributed by atoms with Gasteiger partial charge < -0.3 is 4.57 Å². The Morgan fingerprint density at radius 2 is 2.19 bits per heavy atom. The lowest BCUT2D eigenvalue weighted by Gasteiger charge is -2.00. The van der Waals surface area contributed by atoms with Gasteiger partial charge in [0, 0.05) is 18.8 Å². The number of aromatic nitrogens is 2. The molecular formula is C12H11FN2O. The smallest absolute Gasteiger partial charge is 0.213 e. The predicted octanol–water partition coefficient (Wildman–Crippen LogP) is 2.10. The summed E-state index contributed by atoms with van der Waals surface area (Å²) in [6, 6.07) is 4.44. The molecule has 0 aliphatic heterocycles. The molecule has 0 aliphatic rings. The summed E-state index contributed by atoms with van der Waals surface area (Å²) in [5.41, 5.74) is 1.17. The first-order valence-corrected chi connectivity index (χ1v) is 4.87. The molecule has 0 amide bonds. The van der Waals surface area contributed by atoms with Crippen molar-refractivity contribution in [2.75, 3.05) is 0 Å². The minimum Gasteiger partial charge on any atom is -0.340 e. The van der Waals surface area contributed by atoms with Crippen LogP contribution in [0.5, 0.6) is 0 Å². The highest BCUT2D eigenvalue weighted by molar-refractivity contribution is 6.07. The molecule has 0 aliphatic carbocycles. The van der Waals surface area contributed by atoms with E-state index in [9.17, 15) is 9.18 Å². The molecule has 3 nitrogen and oxygen atoms in total. The molecule has 0 saturated carbocycles. The first-order chi connectivity index (χ1) is 7.58. The summed E-state index contributed by atoms with van der Waals surface area (Å²) in [6.07, 6.45) is 3.15. The third-order valence-corrected chi connectivity index (χ3v) is 2.37. The van der Waals surface area contributed by atoms with E-state index >= 15 is 0 Å². The van der Waals surface area contributed by atoms with Crippen LogP contribution in [0.4, 0.5) is 4.39 Å². The number of imidazole rings is 1.